The molecule has 0 saturated heterocycles. The first-order valence-electron chi connectivity index (χ1n) is 7.99. The highest BCUT2D eigenvalue weighted by Gasteiger charge is 2.19. The highest BCUT2D eigenvalue weighted by atomic mass is 32.2. The van der Waals surface area contributed by atoms with Gasteiger partial charge in [-0.2, -0.15) is 4.37 Å². The van der Waals surface area contributed by atoms with E-state index in [-0.39, 0.29) is 17.3 Å². The van der Waals surface area contributed by atoms with Gasteiger partial charge in [0.2, 0.25) is 5.91 Å². The summed E-state index contributed by atoms with van der Waals surface area (Å²) in [6.45, 7) is 1.83. The number of carbonyl (C=O) groups is 2. The number of carbonyl (C=O) groups excluding carboxylic acids is 2. The zero-order valence-electron chi connectivity index (χ0n) is 14.9. The molecule has 1 unspecified atom stereocenters. The minimum absolute atomic E-state index is 0.0383. The van der Waals surface area contributed by atoms with Crippen LogP contribution in [0.25, 0.3) is 0 Å². The highest BCUT2D eigenvalue weighted by molar-refractivity contribution is 7.84. The number of rotatable bonds is 10. The van der Waals surface area contributed by atoms with E-state index in [4.69, 9.17) is 11.5 Å². The van der Waals surface area contributed by atoms with Gasteiger partial charge in [-0.25, -0.2) is 9.97 Å². The summed E-state index contributed by atoms with van der Waals surface area (Å²) in [5.74, 6) is -0.436. The van der Waals surface area contributed by atoms with Crippen LogP contribution in [-0.2, 0) is 15.6 Å². The molecular weight excluding hydrogens is 390 g/mol. The maximum Gasteiger partial charge on any atom is 0.271 e. The molecule has 2 rings (SSSR count). The summed E-state index contributed by atoms with van der Waals surface area (Å²) in [4.78, 5) is 31.6. The molecule has 0 aliphatic rings. The van der Waals surface area contributed by atoms with Crippen molar-refractivity contribution in [3.05, 3.63) is 23.7 Å². The molecule has 0 aliphatic heterocycles. The van der Waals surface area contributed by atoms with Crippen LogP contribution >= 0.6 is 11.5 Å². The van der Waals surface area contributed by atoms with Crippen molar-refractivity contribution in [2.45, 2.75) is 25.8 Å². The number of primary amides is 2. The minimum Gasteiger partial charge on any atom is -0.368 e. The predicted octanol–water partition coefficient (Wildman–Crippen LogP) is 0.509. The van der Waals surface area contributed by atoms with E-state index in [0.717, 1.165) is 5.69 Å². The lowest BCUT2D eigenvalue weighted by atomic mass is 10.1. The zero-order chi connectivity index (χ0) is 20.0. The summed E-state index contributed by atoms with van der Waals surface area (Å²) in [5, 5.41) is 6.52. The molecule has 2 aromatic heterocycles. The molecule has 0 spiro atoms. The molecule has 12 heteroatoms. The summed E-state index contributed by atoms with van der Waals surface area (Å²) in [6.07, 6.45) is 3.85. The van der Waals surface area contributed by atoms with Crippen molar-refractivity contribution >= 4 is 50.8 Å². The molecule has 27 heavy (non-hydrogen) atoms. The lowest BCUT2D eigenvalue weighted by Gasteiger charge is -2.16. The zero-order valence-corrected chi connectivity index (χ0v) is 16.5. The Morgan fingerprint density at radius 3 is 2.67 bits per heavy atom. The van der Waals surface area contributed by atoms with Gasteiger partial charge in [0.15, 0.2) is 11.5 Å². The summed E-state index contributed by atoms with van der Waals surface area (Å²) in [5.41, 5.74) is 11.5. The lowest BCUT2D eigenvalue weighted by Crippen LogP contribution is -2.36. The molecule has 0 saturated carbocycles. The normalized spacial score (nSPS) is 13.0. The molecule has 6 N–H and O–H groups in total. The van der Waals surface area contributed by atoms with E-state index >= 15 is 0 Å². The van der Waals surface area contributed by atoms with Gasteiger partial charge in [0.05, 0.1) is 11.9 Å². The van der Waals surface area contributed by atoms with Crippen LogP contribution in [0, 0.1) is 6.92 Å². The molecule has 146 valence electrons. The van der Waals surface area contributed by atoms with Gasteiger partial charge in [0, 0.05) is 22.8 Å². The van der Waals surface area contributed by atoms with Crippen LogP contribution in [0.1, 0.15) is 29.0 Å². The van der Waals surface area contributed by atoms with Gasteiger partial charge in [-0.3, -0.25) is 13.8 Å². The van der Waals surface area contributed by atoms with Crippen LogP contribution in [0.3, 0.4) is 0 Å². The summed E-state index contributed by atoms with van der Waals surface area (Å²) in [7, 11) is -0.948. The number of aryl methyl sites for hydroxylation is 1. The smallest absolute Gasteiger partial charge is 0.271 e. The van der Waals surface area contributed by atoms with E-state index in [9.17, 15) is 13.8 Å². The fourth-order valence-electron chi connectivity index (χ4n) is 2.22. The van der Waals surface area contributed by atoms with E-state index in [2.05, 4.69) is 25.0 Å². The minimum atomic E-state index is -0.948. The number of hydrogen-bond acceptors (Lipinski definition) is 9. The van der Waals surface area contributed by atoms with E-state index in [1.54, 1.807) is 12.3 Å². The first-order chi connectivity index (χ1) is 12.8. The van der Waals surface area contributed by atoms with Crippen molar-refractivity contribution in [1.29, 1.82) is 0 Å². The third-order valence-electron chi connectivity index (χ3n) is 3.47. The number of amides is 2. The lowest BCUT2D eigenvalue weighted by molar-refractivity contribution is -0.118. The van der Waals surface area contributed by atoms with Crippen LogP contribution in [0.2, 0.25) is 0 Å². The Balaban J connectivity index is 2.20. The van der Waals surface area contributed by atoms with E-state index < -0.39 is 28.7 Å². The number of anilines is 3. The molecule has 0 aromatic carbocycles. The van der Waals surface area contributed by atoms with Gasteiger partial charge in [-0.1, -0.05) is 0 Å². The van der Waals surface area contributed by atoms with E-state index in [0.29, 0.717) is 23.6 Å². The molecule has 0 fully saturated rings. The van der Waals surface area contributed by atoms with Crippen LogP contribution < -0.4 is 22.1 Å². The molecule has 0 bridgehead atoms. The van der Waals surface area contributed by atoms with Crippen molar-refractivity contribution in [3.8, 4) is 0 Å². The van der Waals surface area contributed by atoms with Crippen LogP contribution in [0.4, 0.5) is 16.6 Å². The van der Waals surface area contributed by atoms with Crippen molar-refractivity contribution in [2.75, 3.05) is 22.6 Å². The van der Waals surface area contributed by atoms with Crippen LogP contribution in [-0.4, -0.2) is 48.4 Å². The fraction of sp³-hybridized carbons (Fsp3) is 0.400. The van der Waals surface area contributed by atoms with Crippen molar-refractivity contribution < 1.29 is 13.8 Å². The Kier molecular flexibility index (Phi) is 7.19. The molecule has 2 aromatic rings. The number of hydrogen-bond donors (Lipinski definition) is 4. The second kappa shape index (κ2) is 9.37. The third kappa shape index (κ3) is 6.25. The number of aromatic nitrogens is 3. The standard InChI is InChI=1S/C15H21N7O3S2/c1-8-6-11(26-22-8)21-15-12(14(17)24)18-7-10(20-15)19-9(13(16)23)4-3-5-27(2)25/h6-7,9H,3-5H2,1-2H3,(H2,16,23)(H2,17,24)(H2,19,20,21)/t9-,27?/m1/s1. The summed E-state index contributed by atoms with van der Waals surface area (Å²) < 4.78 is 15.3. The topological polar surface area (TPSA) is 166 Å². The van der Waals surface area contributed by atoms with Gasteiger partial charge in [0.25, 0.3) is 5.91 Å². The van der Waals surface area contributed by atoms with Crippen LogP contribution in [0.5, 0.6) is 0 Å². The Morgan fingerprint density at radius 2 is 2.11 bits per heavy atom. The Bertz CT molecular complexity index is 856. The average molecular weight is 412 g/mol. The largest absolute Gasteiger partial charge is 0.368 e. The second-order valence-electron chi connectivity index (χ2n) is 5.79. The van der Waals surface area contributed by atoms with Crippen molar-refractivity contribution in [1.82, 2.24) is 14.3 Å². The first-order valence-corrected chi connectivity index (χ1v) is 10.5. The van der Waals surface area contributed by atoms with E-state index in [1.165, 1.54) is 17.7 Å². The van der Waals surface area contributed by atoms with Crippen LogP contribution in [0.15, 0.2) is 12.3 Å². The maximum atomic E-state index is 11.7. The molecule has 2 heterocycles. The maximum absolute atomic E-state index is 11.7. The summed E-state index contributed by atoms with van der Waals surface area (Å²) in [6, 6.07) is 1.08. The molecule has 0 radical (unpaired) electrons. The number of nitrogens with zero attached hydrogens (tertiary/aromatic N) is 3. The van der Waals surface area contributed by atoms with Gasteiger partial charge in [-0.15, -0.1) is 0 Å². The monoisotopic (exact) mass is 411 g/mol. The summed E-state index contributed by atoms with van der Waals surface area (Å²) >= 11 is 1.20. The number of nitrogens with one attached hydrogen (secondary N) is 2. The van der Waals surface area contributed by atoms with Crippen molar-refractivity contribution in [2.24, 2.45) is 11.5 Å². The fourth-order valence-corrected chi connectivity index (χ4v) is 3.45. The Morgan fingerprint density at radius 1 is 1.37 bits per heavy atom. The van der Waals surface area contributed by atoms with Gasteiger partial charge in [-0.05, 0) is 37.4 Å². The van der Waals surface area contributed by atoms with E-state index in [1.807, 2.05) is 6.92 Å². The Hall–Kier alpha value is -2.60. The molecule has 2 atom stereocenters. The highest BCUT2D eigenvalue weighted by Crippen LogP contribution is 2.23. The quantitative estimate of drug-likeness (QED) is 0.439. The average Bonchev–Trinajstić information content (AvgIpc) is 2.98. The molecule has 0 aliphatic carbocycles. The SMILES string of the molecule is Cc1cc(Nc2nc(N[C@H](CCCS(C)=O)C(N)=O)cnc2C(N)=O)sn1. The second-order valence-corrected chi connectivity index (χ2v) is 8.15. The molecular formula is C15H21N7O3S2. The van der Waals surface area contributed by atoms with Gasteiger partial charge in [0.1, 0.15) is 16.9 Å². The third-order valence-corrected chi connectivity index (χ3v) is 5.13. The van der Waals surface area contributed by atoms with Gasteiger partial charge < -0.3 is 22.1 Å². The molecule has 10 nitrogen and oxygen atoms in total. The molecule has 2 amide bonds. The van der Waals surface area contributed by atoms with Gasteiger partial charge >= 0.3 is 0 Å². The Labute approximate surface area is 162 Å². The van der Waals surface area contributed by atoms with Crippen molar-refractivity contribution in [3.63, 3.8) is 0 Å². The number of nitrogens with two attached hydrogens (primary N) is 2. The predicted molar refractivity (Wildman–Crippen MR) is 105 cm³/mol. The first kappa shape index (κ1) is 20.7.